The number of nitrogens with zero attached hydrogens (tertiary/aromatic N) is 4. The van der Waals surface area contributed by atoms with Crippen molar-refractivity contribution in [1.29, 1.82) is 0 Å². The van der Waals surface area contributed by atoms with Crippen LogP contribution in [0.25, 0.3) is 5.13 Å². The van der Waals surface area contributed by atoms with E-state index in [1.165, 1.54) is 11.3 Å². The Morgan fingerprint density at radius 1 is 1.56 bits per heavy atom. The Morgan fingerprint density at radius 2 is 2.38 bits per heavy atom. The molecule has 0 amide bonds. The summed E-state index contributed by atoms with van der Waals surface area (Å²) in [5.74, 6) is 0.430. The van der Waals surface area contributed by atoms with Gasteiger partial charge in [0.25, 0.3) is 0 Å². The number of rotatable bonds is 3. The first-order chi connectivity index (χ1) is 7.79. The molecule has 2 aromatic heterocycles. The van der Waals surface area contributed by atoms with Crippen LogP contribution >= 0.6 is 11.3 Å². The van der Waals surface area contributed by atoms with Crippen molar-refractivity contribution in [2.24, 2.45) is 0 Å². The number of aryl methyl sites for hydroxylation is 1. The monoisotopic (exact) mass is 234 g/mol. The molecule has 0 unspecified atom stereocenters. The number of carbonyl (C=O) groups excluding carboxylic acids is 1. The molecular weight excluding hydrogens is 224 g/mol. The molecule has 2 heterocycles. The van der Waals surface area contributed by atoms with Crippen LogP contribution in [0.3, 0.4) is 0 Å². The van der Waals surface area contributed by atoms with Crippen molar-refractivity contribution in [2.45, 2.75) is 25.7 Å². The molecule has 16 heavy (non-hydrogen) atoms. The zero-order valence-electron chi connectivity index (χ0n) is 8.75. The van der Waals surface area contributed by atoms with Gasteiger partial charge in [0.1, 0.15) is 5.69 Å². The van der Waals surface area contributed by atoms with Crippen molar-refractivity contribution in [1.82, 2.24) is 20.0 Å². The Balaban J connectivity index is 2.13. The number of thiazole rings is 1. The Bertz CT molecular complexity index is 541. The number of aldehydes is 1. The molecule has 0 aromatic carbocycles. The number of hydrogen-bond acceptors (Lipinski definition) is 5. The molecule has 0 atom stereocenters. The van der Waals surface area contributed by atoms with Gasteiger partial charge in [0.15, 0.2) is 6.29 Å². The highest BCUT2D eigenvalue weighted by Crippen LogP contribution is 2.41. The minimum Gasteiger partial charge on any atom is -0.296 e. The van der Waals surface area contributed by atoms with E-state index >= 15 is 0 Å². The van der Waals surface area contributed by atoms with Gasteiger partial charge in [-0.25, -0.2) is 4.98 Å². The second kappa shape index (κ2) is 3.48. The second-order valence-electron chi connectivity index (χ2n) is 3.94. The predicted octanol–water partition coefficient (Wildman–Crippen LogP) is 1.72. The van der Waals surface area contributed by atoms with Gasteiger partial charge in [0.2, 0.25) is 5.13 Å². The Morgan fingerprint density at radius 3 is 2.94 bits per heavy atom. The summed E-state index contributed by atoms with van der Waals surface area (Å²) in [7, 11) is 0. The lowest BCUT2D eigenvalue weighted by Crippen LogP contribution is -2.02. The third-order valence-corrected chi connectivity index (χ3v) is 3.53. The summed E-state index contributed by atoms with van der Waals surface area (Å²) in [4.78, 5) is 15.2. The highest BCUT2D eigenvalue weighted by Gasteiger charge is 2.32. The van der Waals surface area contributed by atoms with Crippen LogP contribution in [0.15, 0.2) is 5.38 Å². The van der Waals surface area contributed by atoms with Crippen molar-refractivity contribution in [3.63, 3.8) is 0 Å². The Labute approximate surface area is 96.1 Å². The fraction of sp³-hybridized carbons (Fsp3) is 0.400. The molecule has 0 N–H and O–H groups in total. The first kappa shape index (κ1) is 9.65. The van der Waals surface area contributed by atoms with Gasteiger partial charge >= 0.3 is 0 Å². The van der Waals surface area contributed by atoms with E-state index < -0.39 is 0 Å². The van der Waals surface area contributed by atoms with Gasteiger partial charge < -0.3 is 0 Å². The average Bonchev–Trinajstić information content (AvgIpc) is 2.88. The minimum absolute atomic E-state index is 0.430. The first-order valence-electron chi connectivity index (χ1n) is 5.13. The molecule has 0 aliphatic heterocycles. The molecule has 0 spiro atoms. The highest BCUT2D eigenvalue weighted by atomic mass is 32.1. The maximum absolute atomic E-state index is 10.9. The van der Waals surface area contributed by atoms with Crippen LogP contribution in [-0.4, -0.2) is 26.3 Å². The van der Waals surface area contributed by atoms with Gasteiger partial charge in [-0.2, -0.15) is 4.68 Å². The van der Waals surface area contributed by atoms with Gasteiger partial charge in [-0.1, -0.05) is 5.21 Å². The van der Waals surface area contributed by atoms with Crippen LogP contribution in [0, 0.1) is 6.92 Å². The standard InChI is InChI=1S/C10H10N4OS/c1-6-5-16-10(11-6)14-9(7-2-3-7)8(4-15)12-13-14/h4-5,7H,2-3H2,1H3. The molecular formula is C10H10N4OS. The van der Waals surface area contributed by atoms with Crippen LogP contribution in [0.4, 0.5) is 0 Å². The molecule has 1 aliphatic carbocycles. The van der Waals surface area contributed by atoms with E-state index in [9.17, 15) is 4.79 Å². The van der Waals surface area contributed by atoms with E-state index in [2.05, 4.69) is 15.3 Å². The molecule has 0 saturated heterocycles. The number of hydrogen-bond donors (Lipinski definition) is 0. The normalized spacial score (nSPS) is 15.3. The van der Waals surface area contributed by atoms with Crippen LogP contribution in [0.1, 0.15) is 40.6 Å². The van der Waals surface area contributed by atoms with Crippen molar-refractivity contribution in [3.05, 3.63) is 22.5 Å². The van der Waals surface area contributed by atoms with Crippen molar-refractivity contribution in [2.75, 3.05) is 0 Å². The predicted molar refractivity (Wildman–Crippen MR) is 59.1 cm³/mol. The molecule has 1 aliphatic rings. The highest BCUT2D eigenvalue weighted by molar-refractivity contribution is 7.12. The molecule has 82 valence electrons. The molecule has 1 saturated carbocycles. The Hall–Kier alpha value is -1.56. The van der Waals surface area contributed by atoms with Crippen molar-refractivity contribution >= 4 is 17.6 Å². The minimum atomic E-state index is 0.430. The molecule has 6 heteroatoms. The summed E-state index contributed by atoms with van der Waals surface area (Å²) >= 11 is 1.52. The van der Waals surface area contributed by atoms with Gasteiger partial charge in [-0.05, 0) is 19.8 Å². The maximum Gasteiger partial charge on any atom is 0.212 e. The van der Waals surface area contributed by atoms with Gasteiger partial charge in [0.05, 0.1) is 11.4 Å². The number of aromatic nitrogens is 4. The maximum atomic E-state index is 10.9. The fourth-order valence-electron chi connectivity index (χ4n) is 1.70. The second-order valence-corrected chi connectivity index (χ2v) is 4.77. The molecule has 0 radical (unpaired) electrons. The average molecular weight is 234 g/mol. The fourth-order valence-corrected chi connectivity index (χ4v) is 2.46. The number of carbonyl (C=O) groups is 1. The van der Waals surface area contributed by atoms with Crippen LogP contribution in [0.5, 0.6) is 0 Å². The zero-order chi connectivity index (χ0) is 11.1. The van der Waals surface area contributed by atoms with Crippen molar-refractivity contribution < 1.29 is 4.79 Å². The molecule has 5 nitrogen and oxygen atoms in total. The van der Waals surface area contributed by atoms with E-state index in [1.807, 2.05) is 12.3 Å². The SMILES string of the molecule is Cc1csc(-n2nnc(C=O)c2C2CC2)n1. The zero-order valence-corrected chi connectivity index (χ0v) is 9.57. The molecule has 2 aromatic rings. The topological polar surface area (TPSA) is 60.7 Å². The van der Waals surface area contributed by atoms with Gasteiger partial charge in [-0.3, -0.25) is 4.79 Å². The van der Waals surface area contributed by atoms with Crippen LogP contribution in [0.2, 0.25) is 0 Å². The third kappa shape index (κ3) is 1.46. The summed E-state index contributed by atoms with van der Waals surface area (Å²) in [5.41, 5.74) is 2.34. The summed E-state index contributed by atoms with van der Waals surface area (Å²) in [6.45, 7) is 1.94. The lowest BCUT2D eigenvalue weighted by molar-refractivity contribution is 0.111. The summed E-state index contributed by atoms with van der Waals surface area (Å²) in [6.07, 6.45) is 2.99. The first-order valence-corrected chi connectivity index (χ1v) is 6.01. The van der Waals surface area contributed by atoms with E-state index in [0.717, 1.165) is 35.6 Å². The molecule has 3 rings (SSSR count). The molecule has 1 fully saturated rings. The van der Waals surface area contributed by atoms with E-state index in [-0.39, 0.29) is 0 Å². The summed E-state index contributed by atoms with van der Waals surface area (Å²) < 4.78 is 1.71. The summed E-state index contributed by atoms with van der Waals surface area (Å²) in [5, 5.41) is 10.7. The quantitative estimate of drug-likeness (QED) is 0.759. The van der Waals surface area contributed by atoms with E-state index in [1.54, 1.807) is 4.68 Å². The largest absolute Gasteiger partial charge is 0.296 e. The smallest absolute Gasteiger partial charge is 0.212 e. The van der Waals surface area contributed by atoms with Gasteiger partial charge in [0, 0.05) is 11.3 Å². The van der Waals surface area contributed by atoms with Gasteiger partial charge in [-0.15, -0.1) is 16.4 Å². The van der Waals surface area contributed by atoms with Crippen LogP contribution < -0.4 is 0 Å². The van der Waals surface area contributed by atoms with Crippen LogP contribution in [-0.2, 0) is 0 Å². The molecule has 0 bridgehead atoms. The van der Waals surface area contributed by atoms with E-state index in [4.69, 9.17) is 0 Å². The lowest BCUT2D eigenvalue weighted by Gasteiger charge is -2.00. The van der Waals surface area contributed by atoms with Crippen molar-refractivity contribution in [3.8, 4) is 5.13 Å². The summed E-state index contributed by atoms with van der Waals surface area (Å²) in [6, 6.07) is 0. The third-order valence-electron chi connectivity index (χ3n) is 2.60. The van der Waals surface area contributed by atoms with E-state index in [0.29, 0.717) is 11.6 Å². The Kier molecular flexibility index (Phi) is 2.10. The lowest BCUT2D eigenvalue weighted by atomic mass is 10.2.